The number of hydrogen-bond donors (Lipinski definition) is 1. The Morgan fingerprint density at radius 3 is 2.80 bits per heavy atom. The first-order valence-electron chi connectivity index (χ1n) is 7.51. The summed E-state index contributed by atoms with van der Waals surface area (Å²) in [6.07, 6.45) is 3.38. The van der Waals surface area contributed by atoms with Crippen molar-refractivity contribution in [2.45, 2.75) is 45.2 Å². The minimum Gasteiger partial charge on any atom is -0.489 e. The number of carbonyl (C=O) groups is 1. The van der Waals surface area contributed by atoms with E-state index in [2.05, 4.69) is 19.2 Å². The van der Waals surface area contributed by atoms with Crippen molar-refractivity contribution in [1.29, 1.82) is 0 Å². The first-order chi connectivity index (χ1) is 9.68. The lowest BCUT2D eigenvalue weighted by atomic mass is 9.96. The molecule has 0 bridgehead atoms. The molecule has 1 saturated heterocycles. The number of benzene rings is 1. The van der Waals surface area contributed by atoms with Crippen LogP contribution < -0.4 is 10.1 Å². The van der Waals surface area contributed by atoms with E-state index in [1.165, 1.54) is 6.42 Å². The number of para-hydroxylation sites is 1. The number of likely N-dealkylation sites (tertiary alicyclic amines) is 1. The van der Waals surface area contributed by atoms with Gasteiger partial charge >= 0.3 is 0 Å². The van der Waals surface area contributed by atoms with Crippen molar-refractivity contribution in [3.05, 3.63) is 23.8 Å². The van der Waals surface area contributed by atoms with Crippen molar-refractivity contribution in [3.63, 3.8) is 0 Å². The lowest BCUT2D eigenvalue weighted by molar-refractivity contribution is 0.0506. The minimum absolute atomic E-state index is 0.102. The molecule has 2 aliphatic rings. The van der Waals surface area contributed by atoms with Gasteiger partial charge in [0, 0.05) is 18.6 Å². The zero-order valence-corrected chi connectivity index (χ0v) is 12.2. The Morgan fingerprint density at radius 2 is 2.05 bits per heavy atom. The average Bonchev–Trinajstić information content (AvgIpc) is 2.46. The minimum atomic E-state index is 0.102. The van der Waals surface area contributed by atoms with Crippen LogP contribution in [0.3, 0.4) is 0 Å². The summed E-state index contributed by atoms with van der Waals surface area (Å²) in [7, 11) is 0. The third-order valence-corrected chi connectivity index (χ3v) is 4.34. The van der Waals surface area contributed by atoms with Gasteiger partial charge in [-0.15, -0.1) is 0 Å². The summed E-state index contributed by atoms with van der Waals surface area (Å²) in [5, 5.41) is 3.29. The second-order valence-electron chi connectivity index (χ2n) is 5.80. The Kier molecular flexibility index (Phi) is 3.55. The molecule has 4 nitrogen and oxygen atoms in total. The van der Waals surface area contributed by atoms with Gasteiger partial charge in [0.25, 0.3) is 5.91 Å². The number of carbonyl (C=O) groups excluding carboxylic acids is 1. The van der Waals surface area contributed by atoms with Crippen LogP contribution in [0.1, 0.15) is 43.5 Å². The molecule has 1 N–H and O–H groups in total. The molecule has 20 heavy (non-hydrogen) atoms. The van der Waals surface area contributed by atoms with Crippen molar-refractivity contribution in [1.82, 2.24) is 4.90 Å². The maximum Gasteiger partial charge on any atom is 0.258 e. The van der Waals surface area contributed by atoms with E-state index in [0.29, 0.717) is 30.0 Å². The Bertz CT molecular complexity index is 505. The monoisotopic (exact) mass is 274 g/mol. The van der Waals surface area contributed by atoms with Crippen molar-refractivity contribution in [3.8, 4) is 5.75 Å². The van der Waals surface area contributed by atoms with E-state index >= 15 is 0 Å². The fraction of sp³-hybridized carbons (Fsp3) is 0.562. The summed E-state index contributed by atoms with van der Waals surface area (Å²) in [5.74, 6) is 0.818. The van der Waals surface area contributed by atoms with E-state index in [1.807, 2.05) is 23.1 Å². The standard InChI is InChI=1S/C16H22N2O2/c1-11-5-3-6-12(2)18(11)16(19)13-7-4-8-14-15(13)20-10-9-17-14/h4,7-8,11-12,17H,3,5-6,9-10H2,1-2H3. The molecular formula is C16H22N2O2. The molecule has 2 unspecified atom stereocenters. The van der Waals surface area contributed by atoms with E-state index in [9.17, 15) is 4.79 Å². The average molecular weight is 274 g/mol. The van der Waals surface area contributed by atoms with Gasteiger partial charge in [0.05, 0.1) is 11.3 Å². The summed E-state index contributed by atoms with van der Waals surface area (Å²) in [5.41, 5.74) is 1.62. The smallest absolute Gasteiger partial charge is 0.258 e. The third-order valence-electron chi connectivity index (χ3n) is 4.34. The Morgan fingerprint density at radius 1 is 1.30 bits per heavy atom. The molecule has 1 aromatic rings. The highest BCUT2D eigenvalue weighted by Gasteiger charge is 2.32. The number of fused-ring (bicyclic) bond motifs is 1. The SMILES string of the molecule is CC1CCCC(C)N1C(=O)c1cccc2c1OCCN2. The van der Waals surface area contributed by atoms with E-state index in [-0.39, 0.29) is 5.91 Å². The van der Waals surface area contributed by atoms with Crippen LogP contribution in [-0.2, 0) is 0 Å². The van der Waals surface area contributed by atoms with Gasteiger partial charge in [-0.3, -0.25) is 4.79 Å². The summed E-state index contributed by atoms with van der Waals surface area (Å²) in [4.78, 5) is 14.9. The van der Waals surface area contributed by atoms with E-state index in [1.54, 1.807) is 0 Å². The molecule has 3 rings (SSSR count). The number of nitrogens with one attached hydrogen (secondary N) is 1. The fourth-order valence-electron chi connectivity index (χ4n) is 3.30. The summed E-state index contributed by atoms with van der Waals surface area (Å²) in [6.45, 7) is 5.69. The molecule has 0 radical (unpaired) electrons. The molecule has 1 fully saturated rings. The topological polar surface area (TPSA) is 41.6 Å². The molecule has 0 aromatic heterocycles. The molecule has 2 atom stereocenters. The molecule has 108 valence electrons. The van der Waals surface area contributed by atoms with Crippen LogP contribution in [0.2, 0.25) is 0 Å². The van der Waals surface area contributed by atoms with Crippen molar-refractivity contribution < 1.29 is 9.53 Å². The number of amides is 1. The van der Waals surface area contributed by atoms with Crippen LogP contribution >= 0.6 is 0 Å². The number of nitrogens with zero attached hydrogens (tertiary/aromatic N) is 1. The van der Waals surface area contributed by atoms with Crippen LogP contribution in [0, 0.1) is 0 Å². The van der Waals surface area contributed by atoms with Crippen LogP contribution in [0.25, 0.3) is 0 Å². The number of ether oxygens (including phenoxy) is 1. The van der Waals surface area contributed by atoms with Crippen molar-refractivity contribution in [2.24, 2.45) is 0 Å². The largest absolute Gasteiger partial charge is 0.489 e. The highest BCUT2D eigenvalue weighted by atomic mass is 16.5. The zero-order valence-electron chi connectivity index (χ0n) is 12.2. The first-order valence-corrected chi connectivity index (χ1v) is 7.51. The van der Waals surface area contributed by atoms with E-state index < -0.39 is 0 Å². The molecule has 0 saturated carbocycles. The van der Waals surface area contributed by atoms with Crippen LogP contribution in [-0.4, -0.2) is 36.0 Å². The molecule has 1 amide bonds. The van der Waals surface area contributed by atoms with Gasteiger partial charge in [-0.25, -0.2) is 0 Å². The normalized spacial score (nSPS) is 25.4. The second-order valence-corrected chi connectivity index (χ2v) is 5.80. The maximum atomic E-state index is 12.9. The van der Waals surface area contributed by atoms with Crippen LogP contribution in [0.4, 0.5) is 5.69 Å². The lowest BCUT2D eigenvalue weighted by Crippen LogP contribution is -2.47. The highest BCUT2D eigenvalue weighted by Crippen LogP contribution is 2.34. The van der Waals surface area contributed by atoms with Gasteiger partial charge in [-0.1, -0.05) is 6.07 Å². The van der Waals surface area contributed by atoms with Gasteiger partial charge in [0.2, 0.25) is 0 Å². The molecular weight excluding hydrogens is 252 g/mol. The second kappa shape index (κ2) is 5.35. The zero-order chi connectivity index (χ0) is 14.1. The predicted octanol–water partition coefficient (Wildman–Crippen LogP) is 2.89. The maximum absolute atomic E-state index is 12.9. The first kappa shape index (κ1) is 13.3. The van der Waals surface area contributed by atoms with Crippen LogP contribution in [0.5, 0.6) is 5.75 Å². The molecule has 4 heteroatoms. The van der Waals surface area contributed by atoms with Crippen molar-refractivity contribution >= 4 is 11.6 Å². The van der Waals surface area contributed by atoms with E-state index in [0.717, 1.165) is 25.1 Å². The Hall–Kier alpha value is -1.71. The summed E-state index contributed by atoms with van der Waals surface area (Å²) >= 11 is 0. The van der Waals surface area contributed by atoms with Crippen molar-refractivity contribution in [2.75, 3.05) is 18.5 Å². The lowest BCUT2D eigenvalue weighted by Gasteiger charge is -2.39. The number of anilines is 1. The fourth-order valence-corrected chi connectivity index (χ4v) is 3.30. The van der Waals surface area contributed by atoms with Gasteiger partial charge in [0.15, 0.2) is 5.75 Å². The van der Waals surface area contributed by atoms with Gasteiger partial charge in [0.1, 0.15) is 6.61 Å². The summed E-state index contributed by atoms with van der Waals surface area (Å²) in [6, 6.07) is 6.38. The molecule has 1 aromatic carbocycles. The number of rotatable bonds is 1. The molecule has 0 spiro atoms. The number of hydrogen-bond acceptors (Lipinski definition) is 3. The molecule has 2 heterocycles. The Labute approximate surface area is 120 Å². The summed E-state index contributed by atoms with van der Waals surface area (Å²) < 4.78 is 5.73. The predicted molar refractivity (Wildman–Crippen MR) is 79.4 cm³/mol. The highest BCUT2D eigenvalue weighted by molar-refractivity contribution is 5.99. The number of piperidine rings is 1. The molecule has 0 aliphatic carbocycles. The third kappa shape index (κ3) is 2.23. The van der Waals surface area contributed by atoms with E-state index in [4.69, 9.17) is 4.74 Å². The Balaban J connectivity index is 1.94. The van der Waals surface area contributed by atoms with Crippen LogP contribution in [0.15, 0.2) is 18.2 Å². The van der Waals surface area contributed by atoms with Gasteiger partial charge in [-0.2, -0.15) is 0 Å². The molecule has 2 aliphatic heterocycles. The quantitative estimate of drug-likeness (QED) is 0.856. The van der Waals surface area contributed by atoms with Gasteiger partial charge < -0.3 is 15.0 Å². The van der Waals surface area contributed by atoms with Gasteiger partial charge in [-0.05, 0) is 45.2 Å².